The van der Waals surface area contributed by atoms with Gasteiger partial charge in [0.2, 0.25) is 5.91 Å². The molecule has 2 heterocycles. The number of benzene rings is 1. The molecular formula is C15H18Cl2N4O2. The average Bonchev–Trinajstić information content (AvgIpc) is 3.20. The van der Waals surface area contributed by atoms with E-state index < -0.39 is 0 Å². The fourth-order valence-electron chi connectivity index (χ4n) is 2.41. The van der Waals surface area contributed by atoms with Gasteiger partial charge in [-0.25, -0.2) is 0 Å². The van der Waals surface area contributed by atoms with Crippen molar-refractivity contribution in [3.63, 3.8) is 0 Å². The lowest BCUT2D eigenvalue weighted by Gasteiger charge is -2.14. The van der Waals surface area contributed by atoms with Gasteiger partial charge >= 0.3 is 0 Å². The zero-order valence-electron chi connectivity index (χ0n) is 12.6. The predicted octanol–water partition coefficient (Wildman–Crippen LogP) is 2.74. The lowest BCUT2D eigenvalue weighted by molar-refractivity contribution is -0.123. The molecule has 2 aromatic rings. The minimum atomic E-state index is -0.306. The third-order valence-corrected chi connectivity index (χ3v) is 3.91. The van der Waals surface area contributed by atoms with Crippen LogP contribution in [0, 0.1) is 0 Å². The highest BCUT2D eigenvalue weighted by molar-refractivity contribution is 6.30. The van der Waals surface area contributed by atoms with Gasteiger partial charge in [-0.3, -0.25) is 4.79 Å². The molecule has 124 valence electrons. The van der Waals surface area contributed by atoms with Gasteiger partial charge in [-0.2, -0.15) is 4.98 Å². The zero-order valence-corrected chi connectivity index (χ0v) is 14.2. The Morgan fingerprint density at radius 3 is 2.83 bits per heavy atom. The molecule has 0 aliphatic carbocycles. The molecule has 8 heteroatoms. The maximum atomic E-state index is 12.1. The molecule has 0 spiro atoms. The summed E-state index contributed by atoms with van der Waals surface area (Å²) in [6, 6.07) is 6.72. The Bertz CT molecular complexity index is 654. The largest absolute Gasteiger partial charge is 0.345 e. The van der Waals surface area contributed by atoms with E-state index in [0.29, 0.717) is 16.7 Å². The highest BCUT2D eigenvalue weighted by Crippen LogP contribution is 2.21. The molecule has 3 rings (SSSR count). The van der Waals surface area contributed by atoms with Gasteiger partial charge in [0.15, 0.2) is 5.82 Å². The van der Waals surface area contributed by atoms with Crippen LogP contribution < -0.4 is 10.6 Å². The van der Waals surface area contributed by atoms with Gasteiger partial charge in [0.25, 0.3) is 5.89 Å². The van der Waals surface area contributed by atoms with Crippen molar-refractivity contribution in [3.8, 4) is 11.5 Å². The molecule has 0 saturated carbocycles. The Balaban J connectivity index is 0.00000192. The fraction of sp³-hybridized carbons (Fsp3) is 0.400. The van der Waals surface area contributed by atoms with E-state index in [1.165, 1.54) is 0 Å². The van der Waals surface area contributed by atoms with Crippen molar-refractivity contribution in [2.75, 3.05) is 6.54 Å². The van der Waals surface area contributed by atoms with Crippen LogP contribution >= 0.6 is 24.0 Å². The van der Waals surface area contributed by atoms with Crippen LogP contribution in [0.25, 0.3) is 11.5 Å². The number of carbonyl (C=O) groups is 1. The Kier molecular flexibility index (Phi) is 5.98. The average molecular weight is 357 g/mol. The minimum Gasteiger partial charge on any atom is -0.345 e. The summed E-state index contributed by atoms with van der Waals surface area (Å²) in [4.78, 5) is 16.4. The molecule has 23 heavy (non-hydrogen) atoms. The molecule has 2 N–H and O–H groups in total. The lowest BCUT2D eigenvalue weighted by atomic mass is 10.2. The second kappa shape index (κ2) is 7.77. The quantitative estimate of drug-likeness (QED) is 0.880. The lowest BCUT2D eigenvalue weighted by Crippen LogP contribution is -2.41. The number of hydrogen-bond acceptors (Lipinski definition) is 5. The van der Waals surface area contributed by atoms with Crippen molar-refractivity contribution in [3.05, 3.63) is 35.1 Å². The minimum absolute atomic E-state index is 0. The standard InChI is InChI=1S/C15H17ClN4O2.ClH/c1-9(18-14(21)12-3-2-8-17-12)13-19-15(22-20-13)10-4-6-11(16)7-5-10;/h4-7,9,12,17H,2-3,8H2,1H3,(H,18,21);1H. The van der Waals surface area contributed by atoms with E-state index in [0.717, 1.165) is 24.9 Å². The third-order valence-electron chi connectivity index (χ3n) is 3.66. The van der Waals surface area contributed by atoms with Crippen LogP contribution in [0.4, 0.5) is 0 Å². The molecule has 1 aromatic heterocycles. The van der Waals surface area contributed by atoms with Crippen molar-refractivity contribution >= 4 is 29.9 Å². The van der Waals surface area contributed by atoms with Crippen molar-refractivity contribution < 1.29 is 9.32 Å². The summed E-state index contributed by atoms with van der Waals surface area (Å²) in [6.45, 7) is 2.72. The van der Waals surface area contributed by atoms with Crippen LogP contribution in [0.1, 0.15) is 31.6 Å². The van der Waals surface area contributed by atoms with Crippen molar-refractivity contribution in [1.29, 1.82) is 0 Å². The van der Waals surface area contributed by atoms with E-state index in [9.17, 15) is 4.79 Å². The summed E-state index contributed by atoms with van der Waals surface area (Å²) in [5.74, 6) is 0.839. The molecule has 0 bridgehead atoms. The number of nitrogens with zero attached hydrogens (tertiary/aromatic N) is 2. The van der Waals surface area contributed by atoms with Gasteiger partial charge in [-0.15, -0.1) is 12.4 Å². The molecule has 1 amide bonds. The Hall–Kier alpha value is -1.63. The van der Waals surface area contributed by atoms with Gasteiger partial charge in [0.1, 0.15) is 0 Å². The smallest absolute Gasteiger partial charge is 0.257 e. The second-order valence-electron chi connectivity index (χ2n) is 5.34. The maximum absolute atomic E-state index is 12.1. The maximum Gasteiger partial charge on any atom is 0.257 e. The Morgan fingerprint density at radius 2 is 2.17 bits per heavy atom. The van der Waals surface area contributed by atoms with Gasteiger partial charge in [0, 0.05) is 10.6 Å². The van der Waals surface area contributed by atoms with Crippen LogP contribution in [0.15, 0.2) is 28.8 Å². The fourth-order valence-corrected chi connectivity index (χ4v) is 2.53. The van der Waals surface area contributed by atoms with E-state index >= 15 is 0 Å². The number of hydrogen-bond donors (Lipinski definition) is 2. The highest BCUT2D eigenvalue weighted by Gasteiger charge is 2.25. The monoisotopic (exact) mass is 356 g/mol. The van der Waals surface area contributed by atoms with E-state index in [4.69, 9.17) is 16.1 Å². The number of rotatable bonds is 4. The topological polar surface area (TPSA) is 80.0 Å². The molecule has 2 unspecified atom stereocenters. The number of amides is 1. The summed E-state index contributed by atoms with van der Waals surface area (Å²) in [5, 5.41) is 10.7. The van der Waals surface area contributed by atoms with Crippen molar-refractivity contribution in [2.45, 2.75) is 31.8 Å². The SMILES string of the molecule is CC(NC(=O)C1CCCN1)c1noc(-c2ccc(Cl)cc2)n1.Cl. The molecule has 1 fully saturated rings. The van der Waals surface area contributed by atoms with E-state index in [2.05, 4.69) is 20.8 Å². The van der Waals surface area contributed by atoms with Gasteiger partial charge in [-0.05, 0) is 50.6 Å². The molecule has 1 aromatic carbocycles. The summed E-state index contributed by atoms with van der Waals surface area (Å²) >= 11 is 5.85. The number of nitrogens with one attached hydrogen (secondary N) is 2. The number of aromatic nitrogens is 2. The van der Waals surface area contributed by atoms with Crippen LogP contribution in [0.3, 0.4) is 0 Å². The van der Waals surface area contributed by atoms with Gasteiger partial charge in [-0.1, -0.05) is 16.8 Å². The van der Waals surface area contributed by atoms with E-state index in [1.54, 1.807) is 12.1 Å². The summed E-state index contributed by atoms with van der Waals surface area (Å²) in [6.07, 6.45) is 1.89. The molecular weight excluding hydrogens is 339 g/mol. The molecule has 0 radical (unpaired) electrons. The molecule has 1 saturated heterocycles. The second-order valence-corrected chi connectivity index (χ2v) is 5.78. The van der Waals surface area contributed by atoms with Crippen LogP contribution in [0.2, 0.25) is 5.02 Å². The first-order valence-electron chi connectivity index (χ1n) is 7.27. The molecule has 6 nitrogen and oxygen atoms in total. The number of carbonyl (C=O) groups excluding carboxylic acids is 1. The normalized spacial score (nSPS) is 18.3. The summed E-state index contributed by atoms with van der Waals surface area (Å²) in [7, 11) is 0. The predicted molar refractivity (Wildman–Crippen MR) is 89.6 cm³/mol. The van der Waals surface area contributed by atoms with Crippen LogP contribution in [-0.4, -0.2) is 28.6 Å². The van der Waals surface area contributed by atoms with Gasteiger partial charge < -0.3 is 15.2 Å². The highest BCUT2D eigenvalue weighted by atomic mass is 35.5. The molecule has 2 atom stereocenters. The van der Waals surface area contributed by atoms with Crippen LogP contribution in [0.5, 0.6) is 0 Å². The first-order valence-corrected chi connectivity index (χ1v) is 7.64. The van der Waals surface area contributed by atoms with E-state index in [-0.39, 0.29) is 30.4 Å². The van der Waals surface area contributed by atoms with Crippen LogP contribution in [-0.2, 0) is 4.79 Å². The Labute approximate surface area is 145 Å². The summed E-state index contributed by atoms with van der Waals surface area (Å²) < 4.78 is 5.25. The van der Waals surface area contributed by atoms with Crippen molar-refractivity contribution in [1.82, 2.24) is 20.8 Å². The Morgan fingerprint density at radius 1 is 1.43 bits per heavy atom. The molecule has 1 aliphatic heterocycles. The van der Waals surface area contributed by atoms with Crippen molar-refractivity contribution in [2.24, 2.45) is 0 Å². The zero-order chi connectivity index (χ0) is 15.5. The van der Waals surface area contributed by atoms with Gasteiger partial charge in [0.05, 0.1) is 12.1 Å². The van der Waals surface area contributed by atoms with E-state index in [1.807, 2.05) is 19.1 Å². The first-order chi connectivity index (χ1) is 10.6. The number of halogens is 2. The third kappa shape index (κ3) is 4.22. The summed E-state index contributed by atoms with van der Waals surface area (Å²) in [5.41, 5.74) is 0.791. The molecule has 1 aliphatic rings. The first kappa shape index (κ1) is 17.7.